The Morgan fingerprint density at radius 1 is 1.47 bits per heavy atom. The monoisotopic (exact) mass is 264 g/mol. The minimum Gasteiger partial charge on any atom is -0.184 e. The Labute approximate surface area is 105 Å². The Morgan fingerprint density at radius 3 is 3.18 bits per heavy atom. The molecule has 0 fully saturated rings. The molecular weight excluding hydrogens is 256 g/mol. The lowest BCUT2D eigenvalue weighted by Crippen LogP contribution is -1.89. The number of thiophene rings is 1. The van der Waals surface area contributed by atoms with Crippen molar-refractivity contribution >= 4 is 35.1 Å². The van der Waals surface area contributed by atoms with Gasteiger partial charge in [-0.1, -0.05) is 17.8 Å². The summed E-state index contributed by atoms with van der Waals surface area (Å²) in [4.78, 5) is 1.08. The van der Waals surface area contributed by atoms with E-state index in [2.05, 4.69) is 20.4 Å². The topological polar surface area (TPSA) is 60.4 Å². The van der Waals surface area contributed by atoms with Crippen LogP contribution in [0, 0.1) is 0 Å². The Balaban J connectivity index is 1.98. The highest BCUT2D eigenvalue weighted by atomic mass is 32.2. The van der Waals surface area contributed by atoms with Crippen LogP contribution in [-0.2, 0) is 0 Å². The van der Waals surface area contributed by atoms with Crippen LogP contribution in [0.1, 0.15) is 4.88 Å². The zero-order valence-corrected chi connectivity index (χ0v) is 10.5. The molecule has 86 valence electrons. The molecule has 3 aromatic rings. The largest absolute Gasteiger partial charge is 0.275 e. The van der Waals surface area contributed by atoms with Gasteiger partial charge in [0.25, 0.3) is 5.78 Å². The molecule has 0 radical (unpaired) electrons. The van der Waals surface area contributed by atoms with Gasteiger partial charge in [0.05, 0.1) is 6.21 Å². The second kappa shape index (κ2) is 4.30. The molecule has 8 heteroatoms. The van der Waals surface area contributed by atoms with Gasteiger partial charge in [0, 0.05) is 4.88 Å². The molecule has 0 aliphatic rings. The Hall–Kier alpha value is -1.67. The molecule has 0 saturated carbocycles. The maximum atomic E-state index is 4.29. The Bertz CT molecular complexity index is 650. The fourth-order valence-corrected chi connectivity index (χ4v) is 2.35. The van der Waals surface area contributed by atoms with E-state index in [1.807, 2.05) is 23.8 Å². The number of hydrogen-bond donors (Lipinski definition) is 0. The zero-order valence-electron chi connectivity index (χ0n) is 8.89. The van der Waals surface area contributed by atoms with Crippen LogP contribution in [0.2, 0.25) is 0 Å². The molecule has 0 aromatic carbocycles. The van der Waals surface area contributed by atoms with Gasteiger partial charge >= 0.3 is 0 Å². The van der Waals surface area contributed by atoms with Crippen LogP contribution < -0.4 is 0 Å². The predicted molar refractivity (Wildman–Crippen MR) is 67.9 cm³/mol. The first kappa shape index (κ1) is 10.5. The minimum absolute atomic E-state index is 0.613. The van der Waals surface area contributed by atoms with Gasteiger partial charge in [-0.05, 0) is 17.7 Å². The fourth-order valence-electron chi connectivity index (χ4n) is 1.35. The molecule has 0 aliphatic heterocycles. The summed E-state index contributed by atoms with van der Waals surface area (Å²) in [5.74, 6) is 0.613. The molecule has 6 nitrogen and oxygen atoms in total. The Kier molecular flexibility index (Phi) is 2.65. The molecule has 17 heavy (non-hydrogen) atoms. The highest BCUT2D eigenvalue weighted by Crippen LogP contribution is 2.12. The van der Waals surface area contributed by atoms with Crippen molar-refractivity contribution in [3.63, 3.8) is 0 Å². The van der Waals surface area contributed by atoms with Crippen molar-refractivity contribution in [2.24, 2.45) is 5.10 Å². The van der Waals surface area contributed by atoms with Crippen LogP contribution in [-0.4, -0.2) is 37.0 Å². The molecule has 0 spiro atoms. The molecule has 0 saturated heterocycles. The van der Waals surface area contributed by atoms with Gasteiger partial charge in [-0.15, -0.1) is 21.5 Å². The predicted octanol–water partition coefficient (Wildman–Crippen LogP) is 1.59. The van der Waals surface area contributed by atoms with E-state index in [4.69, 9.17) is 0 Å². The summed E-state index contributed by atoms with van der Waals surface area (Å²) in [5.41, 5.74) is 0. The molecule has 0 unspecified atom stereocenters. The normalized spacial score (nSPS) is 11.8. The number of hydrogen-bond acceptors (Lipinski definition) is 6. The summed E-state index contributed by atoms with van der Waals surface area (Å²) in [6.07, 6.45) is 5.33. The number of fused-ring (bicyclic) bond motifs is 1. The minimum atomic E-state index is 0.613. The van der Waals surface area contributed by atoms with E-state index < -0.39 is 0 Å². The smallest absolute Gasteiger partial charge is 0.184 e. The first-order valence-electron chi connectivity index (χ1n) is 4.79. The number of rotatable bonds is 3. The maximum absolute atomic E-state index is 4.29. The fraction of sp³-hybridized carbons (Fsp3) is 0.111. The SMILES string of the molecule is CSc1nnc2n(/N=C/c3cccs3)cnn12. The van der Waals surface area contributed by atoms with Gasteiger partial charge in [-0.2, -0.15) is 19.4 Å². The first-order valence-corrected chi connectivity index (χ1v) is 6.89. The van der Waals surface area contributed by atoms with Gasteiger partial charge in [0.1, 0.15) is 6.33 Å². The average Bonchev–Trinajstić information content (AvgIpc) is 3.04. The molecule has 3 heterocycles. The third-order valence-corrected chi connectivity index (χ3v) is 3.54. The lowest BCUT2D eigenvalue weighted by atomic mass is 10.5. The number of aromatic nitrogens is 5. The van der Waals surface area contributed by atoms with E-state index in [1.165, 1.54) is 11.8 Å². The van der Waals surface area contributed by atoms with Crippen LogP contribution in [0.25, 0.3) is 5.78 Å². The van der Waals surface area contributed by atoms with E-state index in [1.54, 1.807) is 33.1 Å². The standard InChI is InChI=1S/C9H8N6S2/c1-16-9-13-12-8-14(6-11-15(8)9)10-5-7-3-2-4-17-7/h2-6H,1H3/b10-5+. The van der Waals surface area contributed by atoms with Crippen LogP contribution in [0.3, 0.4) is 0 Å². The quantitative estimate of drug-likeness (QED) is 0.532. The molecule has 0 N–H and O–H groups in total. The first-order chi connectivity index (χ1) is 8.38. The van der Waals surface area contributed by atoms with Gasteiger partial charge in [0.2, 0.25) is 5.16 Å². The van der Waals surface area contributed by atoms with Crippen LogP contribution in [0.15, 0.2) is 34.1 Å². The molecule has 3 rings (SSSR count). The lowest BCUT2D eigenvalue weighted by Gasteiger charge is -1.88. The molecule has 0 atom stereocenters. The summed E-state index contributed by atoms with van der Waals surface area (Å²) >= 11 is 3.13. The summed E-state index contributed by atoms with van der Waals surface area (Å²) in [6.45, 7) is 0. The van der Waals surface area contributed by atoms with Crippen molar-refractivity contribution in [2.45, 2.75) is 5.16 Å². The van der Waals surface area contributed by atoms with E-state index >= 15 is 0 Å². The van der Waals surface area contributed by atoms with E-state index in [0.717, 1.165) is 10.0 Å². The van der Waals surface area contributed by atoms with Gasteiger partial charge in [-0.25, -0.2) is 0 Å². The van der Waals surface area contributed by atoms with Crippen molar-refractivity contribution in [1.82, 2.24) is 24.5 Å². The third kappa shape index (κ3) is 1.85. The Morgan fingerprint density at radius 2 is 2.41 bits per heavy atom. The summed E-state index contributed by atoms with van der Waals surface area (Å²) in [7, 11) is 0. The van der Waals surface area contributed by atoms with Crippen molar-refractivity contribution in [3.8, 4) is 0 Å². The summed E-state index contributed by atoms with van der Waals surface area (Å²) in [5, 5.41) is 19.3. The lowest BCUT2D eigenvalue weighted by molar-refractivity contribution is 0.817. The molecule has 0 bridgehead atoms. The van der Waals surface area contributed by atoms with Crippen molar-refractivity contribution in [3.05, 3.63) is 28.7 Å². The maximum Gasteiger partial charge on any atom is 0.275 e. The number of thioether (sulfide) groups is 1. The second-order valence-corrected chi connectivity index (χ2v) is 4.89. The highest BCUT2D eigenvalue weighted by molar-refractivity contribution is 7.98. The van der Waals surface area contributed by atoms with E-state index in [9.17, 15) is 0 Å². The molecule has 0 aliphatic carbocycles. The average molecular weight is 264 g/mol. The highest BCUT2D eigenvalue weighted by Gasteiger charge is 2.09. The zero-order chi connectivity index (χ0) is 11.7. The van der Waals surface area contributed by atoms with Crippen LogP contribution in [0.5, 0.6) is 0 Å². The van der Waals surface area contributed by atoms with E-state index in [-0.39, 0.29) is 0 Å². The number of nitrogens with zero attached hydrogens (tertiary/aromatic N) is 6. The van der Waals surface area contributed by atoms with Crippen LogP contribution >= 0.6 is 23.1 Å². The van der Waals surface area contributed by atoms with Gasteiger partial charge in [-0.3, -0.25) is 0 Å². The van der Waals surface area contributed by atoms with Crippen molar-refractivity contribution < 1.29 is 0 Å². The van der Waals surface area contributed by atoms with Gasteiger partial charge in [0.15, 0.2) is 0 Å². The molecule has 3 aromatic heterocycles. The van der Waals surface area contributed by atoms with Crippen molar-refractivity contribution in [2.75, 3.05) is 6.26 Å². The van der Waals surface area contributed by atoms with E-state index in [0.29, 0.717) is 5.78 Å². The molecular formula is C9H8N6S2. The third-order valence-electron chi connectivity index (χ3n) is 2.11. The summed E-state index contributed by atoms with van der Waals surface area (Å²) < 4.78 is 3.27. The van der Waals surface area contributed by atoms with Crippen molar-refractivity contribution in [1.29, 1.82) is 0 Å². The molecule has 0 amide bonds. The van der Waals surface area contributed by atoms with Crippen LogP contribution in [0.4, 0.5) is 0 Å². The van der Waals surface area contributed by atoms with Gasteiger partial charge < -0.3 is 0 Å². The second-order valence-electron chi connectivity index (χ2n) is 3.13. The summed E-state index contributed by atoms with van der Waals surface area (Å²) in [6, 6.07) is 3.98.